The van der Waals surface area contributed by atoms with Crippen molar-refractivity contribution in [2.75, 3.05) is 32.2 Å². The van der Waals surface area contributed by atoms with Gasteiger partial charge in [-0.25, -0.2) is 4.79 Å². The van der Waals surface area contributed by atoms with E-state index in [0.29, 0.717) is 0 Å². The zero-order chi connectivity index (χ0) is 12.4. The number of ether oxygens (including phenoxy) is 1. The minimum atomic E-state index is -1.42. The van der Waals surface area contributed by atoms with Gasteiger partial charge in [0.05, 0.1) is 7.11 Å². The third kappa shape index (κ3) is 7.09. The van der Waals surface area contributed by atoms with Gasteiger partial charge in [-0.15, -0.1) is 0 Å². The Kier molecular flexibility index (Phi) is 8.70. The van der Waals surface area contributed by atoms with Crippen LogP contribution >= 0.6 is 11.8 Å². The molecule has 0 aliphatic rings. The normalized spacial score (nSPS) is 14.5. The molecule has 0 spiro atoms. The Balaban J connectivity index is 3.47. The lowest BCUT2D eigenvalue weighted by Gasteiger charge is -2.20. The summed E-state index contributed by atoms with van der Waals surface area (Å²) in [6, 6.07) is 0. The van der Waals surface area contributed by atoms with E-state index in [9.17, 15) is 9.90 Å². The SMILES string of the molecule is COC(=O)C(C)(O)CNCCCCCSC. The Hall–Kier alpha value is -0.260. The first kappa shape index (κ1) is 15.7. The van der Waals surface area contributed by atoms with E-state index in [1.807, 2.05) is 11.8 Å². The van der Waals surface area contributed by atoms with Gasteiger partial charge in [-0.3, -0.25) is 0 Å². The molecule has 16 heavy (non-hydrogen) atoms. The van der Waals surface area contributed by atoms with Gasteiger partial charge < -0.3 is 15.2 Å². The predicted octanol–water partition coefficient (Wildman–Crippen LogP) is 1.03. The molecule has 4 nitrogen and oxygen atoms in total. The van der Waals surface area contributed by atoms with Crippen molar-refractivity contribution < 1.29 is 14.6 Å². The maximum absolute atomic E-state index is 11.1. The number of aliphatic hydroxyl groups is 1. The number of thioether (sulfide) groups is 1. The third-order valence-electron chi connectivity index (χ3n) is 2.30. The van der Waals surface area contributed by atoms with Gasteiger partial charge in [-0.05, 0) is 38.3 Å². The summed E-state index contributed by atoms with van der Waals surface area (Å²) in [5.41, 5.74) is -1.42. The van der Waals surface area contributed by atoms with E-state index in [0.717, 1.165) is 13.0 Å². The summed E-state index contributed by atoms with van der Waals surface area (Å²) < 4.78 is 4.49. The number of hydrogen-bond acceptors (Lipinski definition) is 5. The molecule has 0 saturated heterocycles. The van der Waals surface area contributed by atoms with Crippen LogP contribution in [0, 0.1) is 0 Å². The molecular weight excluding hydrogens is 226 g/mol. The average Bonchev–Trinajstić information content (AvgIpc) is 2.26. The van der Waals surface area contributed by atoms with Crippen molar-refractivity contribution in [1.29, 1.82) is 0 Å². The number of unbranched alkanes of at least 4 members (excludes halogenated alkanes) is 2. The molecule has 0 saturated carbocycles. The van der Waals surface area contributed by atoms with Gasteiger partial charge in [0.2, 0.25) is 0 Å². The van der Waals surface area contributed by atoms with Gasteiger partial charge in [0.25, 0.3) is 0 Å². The lowest BCUT2D eigenvalue weighted by molar-refractivity contribution is -0.159. The number of methoxy groups -OCH3 is 1. The molecule has 0 aromatic rings. The molecule has 2 N–H and O–H groups in total. The zero-order valence-corrected chi connectivity index (χ0v) is 11.2. The minimum absolute atomic E-state index is 0.238. The van der Waals surface area contributed by atoms with Crippen LogP contribution in [0.4, 0.5) is 0 Å². The monoisotopic (exact) mass is 249 g/mol. The van der Waals surface area contributed by atoms with Crippen molar-refractivity contribution in [3.8, 4) is 0 Å². The number of hydrogen-bond donors (Lipinski definition) is 2. The second-order valence-electron chi connectivity index (χ2n) is 4.00. The molecule has 1 atom stereocenters. The number of carbonyl (C=O) groups is 1. The smallest absolute Gasteiger partial charge is 0.338 e. The summed E-state index contributed by atoms with van der Waals surface area (Å²) >= 11 is 1.85. The van der Waals surface area contributed by atoms with Crippen molar-refractivity contribution in [2.45, 2.75) is 31.8 Å². The molecule has 0 aliphatic carbocycles. The summed E-state index contributed by atoms with van der Waals surface area (Å²) in [6.45, 7) is 2.52. The van der Waals surface area contributed by atoms with Gasteiger partial charge in [0.15, 0.2) is 5.60 Å². The molecule has 0 radical (unpaired) electrons. The maximum atomic E-state index is 11.1. The van der Waals surface area contributed by atoms with E-state index < -0.39 is 11.6 Å². The lowest BCUT2D eigenvalue weighted by Crippen LogP contribution is -2.45. The van der Waals surface area contributed by atoms with Crippen LogP contribution in [0.5, 0.6) is 0 Å². The Labute approximate surface area is 102 Å². The van der Waals surface area contributed by atoms with Crippen LogP contribution in [-0.4, -0.2) is 48.9 Å². The number of rotatable bonds is 9. The lowest BCUT2D eigenvalue weighted by atomic mass is 10.1. The highest BCUT2D eigenvalue weighted by Gasteiger charge is 2.30. The van der Waals surface area contributed by atoms with Gasteiger partial charge >= 0.3 is 5.97 Å². The maximum Gasteiger partial charge on any atom is 0.338 e. The van der Waals surface area contributed by atoms with Gasteiger partial charge in [0, 0.05) is 6.54 Å². The summed E-state index contributed by atoms with van der Waals surface area (Å²) in [7, 11) is 1.28. The molecule has 1 unspecified atom stereocenters. The van der Waals surface area contributed by atoms with Gasteiger partial charge in [-0.2, -0.15) is 11.8 Å². The fraction of sp³-hybridized carbons (Fsp3) is 0.909. The van der Waals surface area contributed by atoms with E-state index in [2.05, 4.69) is 16.3 Å². The van der Waals surface area contributed by atoms with Crippen LogP contribution in [0.2, 0.25) is 0 Å². The Bertz CT molecular complexity index is 198. The quantitative estimate of drug-likeness (QED) is 0.472. The fourth-order valence-corrected chi connectivity index (χ4v) is 1.79. The molecule has 0 amide bonds. The number of carbonyl (C=O) groups excluding carboxylic acids is 1. The van der Waals surface area contributed by atoms with Crippen LogP contribution < -0.4 is 5.32 Å². The zero-order valence-electron chi connectivity index (χ0n) is 10.4. The highest BCUT2D eigenvalue weighted by Crippen LogP contribution is 2.04. The van der Waals surface area contributed by atoms with Crippen LogP contribution in [0.25, 0.3) is 0 Å². The van der Waals surface area contributed by atoms with Crippen molar-refractivity contribution in [3.05, 3.63) is 0 Å². The summed E-state index contributed by atoms with van der Waals surface area (Å²) in [4.78, 5) is 11.1. The Morgan fingerprint density at radius 3 is 2.69 bits per heavy atom. The van der Waals surface area contributed by atoms with Crippen molar-refractivity contribution in [3.63, 3.8) is 0 Å². The fourth-order valence-electron chi connectivity index (χ4n) is 1.30. The molecule has 0 heterocycles. The van der Waals surface area contributed by atoms with Crippen molar-refractivity contribution in [2.24, 2.45) is 0 Å². The molecule has 0 rings (SSSR count). The number of nitrogens with one attached hydrogen (secondary N) is 1. The molecule has 0 bridgehead atoms. The van der Waals surface area contributed by atoms with E-state index in [-0.39, 0.29) is 6.54 Å². The second-order valence-corrected chi connectivity index (χ2v) is 4.98. The first-order valence-electron chi connectivity index (χ1n) is 5.55. The van der Waals surface area contributed by atoms with Gasteiger partial charge in [0.1, 0.15) is 0 Å². The number of esters is 1. The highest BCUT2D eigenvalue weighted by molar-refractivity contribution is 7.98. The summed E-state index contributed by atoms with van der Waals surface area (Å²) in [5, 5.41) is 12.7. The Morgan fingerprint density at radius 2 is 2.12 bits per heavy atom. The summed E-state index contributed by atoms with van der Waals surface area (Å²) in [6.07, 6.45) is 5.56. The summed E-state index contributed by atoms with van der Waals surface area (Å²) in [5.74, 6) is 0.599. The molecule has 0 fully saturated rings. The molecule has 5 heteroatoms. The topological polar surface area (TPSA) is 58.6 Å². The Morgan fingerprint density at radius 1 is 1.44 bits per heavy atom. The van der Waals surface area contributed by atoms with Crippen LogP contribution in [-0.2, 0) is 9.53 Å². The van der Waals surface area contributed by atoms with Gasteiger partial charge in [-0.1, -0.05) is 6.42 Å². The average molecular weight is 249 g/mol. The predicted molar refractivity (Wildman–Crippen MR) is 67.7 cm³/mol. The standard InChI is InChI=1S/C11H23NO3S/c1-11(14,10(13)15-2)9-12-7-5-4-6-8-16-3/h12,14H,4-9H2,1-3H3. The minimum Gasteiger partial charge on any atom is -0.467 e. The van der Waals surface area contributed by atoms with E-state index >= 15 is 0 Å². The molecule has 96 valence electrons. The van der Waals surface area contributed by atoms with Crippen LogP contribution in [0.15, 0.2) is 0 Å². The van der Waals surface area contributed by atoms with Crippen LogP contribution in [0.1, 0.15) is 26.2 Å². The second kappa shape index (κ2) is 8.84. The molecule has 0 aromatic heterocycles. The van der Waals surface area contributed by atoms with Crippen LogP contribution in [0.3, 0.4) is 0 Å². The first-order chi connectivity index (χ1) is 7.54. The molecule has 0 aromatic carbocycles. The highest BCUT2D eigenvalue weighted by atomic mass is 32.2. The molecule has 0 aliphatic heterocycles. The van der Waals surface area contributed by atoms with E-state index in [1.165, 1.54) is 32.6 Å². The van der Waals surface area contributed by atoms with Crippen molar-refractivity contribution in [1.82, 2.24) is 5.32 Å². The largest absolute Gasteiger partial charge is 0.467 e. The molecular formula is C11H23NO3S. The van der Waals surface area contributed by atoms with E-state index in [4.69, 9.17) is 0 Å². The van der Waals surface area contributed by atoms with E-state index in [1.54, 1.807) is 0 Å². The first-order valence-corrected chi connectivity index (χ1v) is 6.94. The third-order valence-corrected chi connectivity index (χ3v) is 2.99. The van der Waals surface area contributed by atoms with Crippen molar-refractivity contribution >= 4 is 17.7 Å².